The van der Waals surface area contributed by atoms with Gasteiger partial charge in [0.25, 0.3) is 0 Å². The van der Waals surface area contributed by atoms with Crippen molar-refractivity contribution in [2.45, 2.75) is 74.3 Å². The van der Waals surface area contributed by atoms with Crippen LogP contribution in [0.4, 0.5) is 0 Å². The van der Waals surface area contributed by atoms with E-state index in [0.29, 0.717) is 0 Å². The average Bonchev–Trinajstić information content (AvgIpc) is 2.74. The highest BCUT2D eigenvalue weighted by Crippen LogP contribution is 2.27. The van der Waals surface area contributed by atoms with Gasteiger partial charge in [-0.05, 0) is 83.8 Å². The Bertz CT molecular complexity index is 866. The van der Waals surface area contributed by atoms with Gasteiger partial charge in [-0.3, -0.25) is 19.5 Å². The van der Waals surface area contributed by atoms with Gasteiger partial charge >= 0.3 is 11.9 Å². The summed E-state index contributed by atoms with van der Waals surface area (Å²) in [6, 6.07) is 10.9. The summed E-state index contributed by atoms with van der Waals surface area (Å²) in [6.07, 6.45) is 2.09. The number of aromatic nitrogens is 1. The second kappa shape index (κ2) is 16.0. The van der Waals surface area contributed by atoms with Gasteiger partial charge in [0.1, 0.15) is 6.42 Å². The lowest BCUT2D eigenvalue weighted by atomic mass is 9.97. The van der Waals surface area contributed by atoms with Crippen molar-refractivity contribution in [1.82, 2.24) is 9.88 Å². The fraction of sp³-hybridized carbons (Fsp3) is 0.536. The lowest BCUT2D eigenvalue weighted by Crippen LogP contribution is -2.25. The van der Waals surface area contributed by atoms with E-state index in [1.807, 2.05) is 0 Å². The van der Waals surface area contributed by atoms with Crippen LogP contribution in [0.15, 0.2) is 30.3 Å². The first-order chi connectivity index (χ1) is 16.2. The third-order valence-corrected chi connectivity index (χ3v) is 5.10. The molecule has 0 aliphatic carbocycles. The van der Waals surface area contributed by atoms with Gasteiger partial charge in [-0.2, -0.15) is 0 Å². The van der Waals surface area contributed by atoms with Crippen LogP contribution in [0, 0.1) is 20.8 Å². The van der Waals surface area contributed by atoms with E-state index in [2.05, 4.69) is 79.3 Å². The normalized spacial score (nSPS) is 10.5. The standard InChI is InChI=1S/C21H30N2.C7H12O4/c1-6-11-23(12-7-2)15-19-9-8-10-20(22-19)21-17(4)13-16(3)14-18(21)5;1-3-10-6(8)5-7(9)11-4-2/h8-10,13-14H,6-7,11-12,15H2,1-5H3;3-5H2,1-2H3. The first-order valence-electron chi connectivity index (χ1n) is 12.3. The predicted octanol–water partition coefficient (Wildman–Crippen LogP) is 5.80. The molecule has 1 aromatic carbocycles. The van der Waals surface area contributed by atoms with E-state index < -0.39 is 11.9 Å². The van der Waals surface area contributed by atoms with Gasteiger partial charge in [-0.25, -0.2) is 0 Å². The molecule has 2 aromatic rings. The molecule has 6 heteroatoms. The number of carbonyl (C=O) groups is 2. The Labute approximate surface area is 205 Å². The van der Waals surface area contributed by atoms with Crippen molar-refractivity contribution in [3.63, 3.8) is 0 Å². The molecule has 1 aromatic heterocycles. The van der Waals surface area contributed by atoms with E-state index in [-0.39, 0.29) is 19.6 Å². The van der Waals surface area contributed by atoms with Crippen molar-refractivity contribution in [2.75, 3.05) is 26.3 Å². The predicted molar refractivity (Wildman–Crippen MR) is 138 cm³/mol. The molecule has 2 rings (SSSR count). The zero-order chi connectivity index (χ0) is 25.5. The highest BCUT2D eigenvalue weighted by atomic mass is 16.5. The molecule has 6 nitrogen and oxygen atoms in total. The number of carbonyl (C=O) groups excluding carboxylic acids is 2. The summed E-state index contributed by atoms with van der Waals surface area (Å²) in [5.74, 6) is -1.07. The molecule has 188 valence electrons. The summed E-state index contributed by atoms with van der Waals surface area (Å²) in [7, 11) is 0. The second-order valence-corrected chi connectivity index (χ2v) is 8.35. The van der Waals surface area contributed by atoms with Crippen LogP contribution in [0.25, 0.3) is 11.3 Å². The number of rotatable bonds is 11. The van der Waals surface area contributed by atoms with Crippen molar-refractivity contribution in [2.24, 2.45) is 0 Å². The van der Waals surface area contributed by atoms with E-state index in [1.165, 1.54) is 40.8 Å². The minimum atomic E-state index is -0.536. The molecule has 0 fully saturated rings. The molecule has 0 bridgehead atoms. The van der Waals surface area contributed by atoms with E-state index in [0.717, 1.165) is 25.3 Å². The van der Waals surface area contributed by atoms with Crippen LogP contribution in [-0.2, 0) is 25.6 Å². The maximum Gasteiger partial charge on any atom is 0.317 e. The number of ether oxygens (including phenoxy) is 2. The Morgan fingerprint density at radius 1 is 0.853 bits per heavy atom. The molecule has 0 unspecified atom stereocenters. The molecule has 0 N–H and O–H groups in total. The summed E-state index contributed by atoms with van der Waals surface area (Å²) < 4.78 is 9.04. The first kappa shape index (κ1) is 29.3. The molecule has 0 aliphatic rings. The highest BCUT2D eigenvalue weighted by Gasteiger charge is 2.11. The Kier molecular flexibility index (Phi) is 13.8. The summed E-state index contributed by atoms with van der Waals surface area (Å²) in [4.78, 5) is 28.7. The van der Waals surface area contributed by atoms with Crippen LogP contribution >= 0.6 is 0 Å². The fourth-order valence-electron chi connectivity index (χ4n) is 3.96. The van der Waals surface area contributed by atoms with E-state index >= 15 is 0 Å². The average molecular weight is 471 g/mol. The molecule has 0 amide bonds. The van der Waals surface area contributed by atoms with Crippen LogP contribution in [0.1, 0.15) is 69.3 Å². The Morgan fingerprint density at radius 2 is 1.38 bits per heavy atom. The molecule has 0 radical (unpaired) electrons. The van der Waals surface area contributed by atoms with Crippen molar-refractivity contribution >= 4 is 11.9 Å². The Hall–Kier alpha value is -2.73. The maximum atomic E-state index is 10.6. The number of pyridine rings is 1. The molecule has 0 atom stereocenters. The largest absolute Gasteiger partial charge is 0.466 e. The summed E-state index contributed by atoms with van der Waals surface area (Å²) in [5.41, 5.74) is 7.50. The Morgan fingerprint density at radius 3 is 1.85 bits per heavy atom. The van der Waals surface area contributed by atoms with Crippen LogP contribution in [0.2, 0.25) is 0 Å². The van der Waals surface area contributed by atoms with Gasteiger partial charge in [0.05, 0.1) is 24.6 Å². The molecule has 0 spiro atoms. The second-order valence-electron chi connectivity index (χ2n) is 8.35. The fourth-order valence-corrected chi connectivity index (χ4v) is 3.96. The minimum Gasteiger partial charge on any atom is -0.466 e. The smallest absolute Gasteiger partial charge is 0.317 e. The summed E-state index contributed by atoms with van der Waals surface area (Å²) in [5, 5.41) is 0. The Balaban J connectivity index is 0.000000445. The summed E-state index contributed by atoms with van der Waals surface area (Å²) in [6.45, 7) is 18.2. The van der Waals surface area contributed by atoms with Crippen molar-refractivity contribution in [1.29, 1.82) is 0 Å². The molecule has 1 heterocycles. The maximum absolute atomic E-state index is 10.6. The van der Waals surface area contributed by atoms with Crippen LogP contribution in [0.3, 0.4) is 0 Å². The number of hydrogen-bond acceptors (Lipinski definition) is 6. The molecule has 0 saturated heterocycles. The zero-order valence-corrected chi connectivity index (χ0v) is 22.1. The zero-order valence-electron chi connectivity index (χ0n) is 22.1. The van der Waals surface area contributed by atoms with Gasteiger partial charge < -0.3 is 9.47 Å². The highest BCUT2D eigenvalue weighted by molar-refractivity contribution is 5.91. The molecular weight excluding hydrogens is 428 g/mol. The van der Waals surface area contributed by atoms with Crippen LogP contribution < -0.4 is 0 Å². The first-order valence-corrected chi connectivity index (χ1v) is 12.3. The van der Waals surface area contributed by atoms with E-state index in [1.54, 1.807) is 13.8 Å². The third-order valence-electron chi connectivity index (χ3n) is 5.10. The van der Waals surface area contributed by atoms with Crippen molar-refractivity contribution in [3.05, 3.63) is 52.7 Å². The molecule has 34 heavy (non-hydrogen) atoms. The molecule has 0 aliphatic heterocycles. The lowest BCUT2D eigenvalue weighted by molar-refractivity contribution is -0.153. The topological polar surface area (TPSA) is 68.7 Å². The SMILES string of the molecule is CCCN(CCC)Cc1cccc(-c2c(C)cc(C)cc2C)n1.CCOC(=O)CC(=O)OCC. The number of nitrogens with zero attached hydrogens (tertiary/aromatic N) is 2. The van der Waals surface area contributed by atoms with Gasteiger partial charge in [0, 0.05) is 12.1 Å². The van der Waals surface area contributed by atoms with Crippen LogP contribution in [-0.4, -0.2) is 48.1 Å². The van der Waals surface area contributed by atoms with Gasteiger partial charge in [-0.1, -0.05) is 37.6 Å². The van der Waals surface area contributed by atoms with Crippen molar-refractivity contribution in [3.8, 4) is 11.3 Å². The number of aryl methyl sites for hydroxylation is 3. The minimum absolute atomic E-state index is 0.290. The number of hydrogen-bond donors (Lipinski definition) is 0. The number of benzene rings is 1. The van der Waals surface area contributed by atoms with Crippen molar-refractivity contribution < 1.29 is 19.1 Å². The third kappa shape index (κ3) is 10.5. The quantitative estimate of drug-likeness (QED) is 0.305. The monoisotopic (exact) mass is 470 g/mol. The van der Waals surface area contributed by atoms with Gasteiger partial charge in [-0.15, -0.1) is 0 Å². The molecule has 0 saturated carbocycles. The molecular formula is C28H42N2O4. The lowest BCUT2D eigenvalue weighted by Gasteiger charge is -2.21. The van der Waals surface area contributed by atoms with Gasteiger partial charge in [0.15, 0.2) is 0 Å². The van der Waals surface area contributed by atoms with E-state index in [4.69, 9.17) is 4.98 Å². The summed E-state index contributed by atoms with van der Waals surface area (Å²) >= 11 is 0. The van der Waals surface area contributed by atoms with Crippen LogP contribution in [0.5, 0.6) is 0 Å². The number of esters is 2. The van der Waals surface area contributed by atoms with Gasteiger partial charge in [0.2, 0.25) is 0 Å². The van der Waals surface area contributed by atoms with E-state index in [9.17, 15) is 9.59 Å².